The summed E-state index contributed by atoms with van der Waals surface area (Å²) in [5.41, 5.74) is 0.101. The molecule has 0 saturated carbocycles. The van der Waals surface area contributed by atoms with Crippen molar-refractivity contribution in [3.8, 4) is 0 Å². The van der Waals surface area contributed by atoms with Crippen molar-refractivity contribution in [2.24, 2.45) is 10.4 Å². The number of aliphatic imine (C=N–C) groups is 1. The monoisotopic (exact) mass is 451 g/mol. The lowest BCUT2D eigenvalue weighted by Gasteiger charge is -2.30. The maximum atomic E-state index is 5.54. The molecule has 4 nitrogen and oxygen atoms in total. The third-order valence-electron chi connectivity index (χ3n) is 3.34. The zero-order valence-corrected chi connectivity index (χ0v) is 17.9. The Morgan fingerprint density at radius 3 is 2.39 bits per heavy atom. The van der Waals surface area contributed by atoms with Gasteiger partial charge in [0, 0.05) is 37.9 Å². The third kappa shape index (κ3) is 9.42. The van der Waals surface area contributed by atoms with E-state index in [4.69, 9.17) is 4.74 Å². The van der Waals surface area contributed by atoms with Crippen molar-refractivity contribution in [1.29, 1.82) is 0 Å². The van der Waals surface area contributed by atoms with E-state index in [1.807, 2.05) is 17.8 Å². The molecule has 6 heteroatoms. The molecule has 0 fully saturated rings. The van der Waals surface area contributed by atoms with Crippen LogP contribution in [0, 0.1) is 5.41 Å². The molecule has 2 N–H and O–H groups in total. The van der Waals surface area contributed by atoms with E-state index < -0.39 is 0 Å². The summed E-state index contributed by atoms with van der Waals surface area (Å²) >= 11 is 1.84. The van der Waals surface area contributed by atoms with Crippen LogP contribution in [0.4, 0.5) is 0 Å². The van der Waals surface area contributed by atoms with Gasteiger partial charge in [-0.2, -0.15) is 0 Å². The Morgan fingerprint density at radius 1 is 1.22 bits per heavy atom. The highest BCUT2D eigenvalue weighted by molar-refractivity contribution is 14.0. The van der Waals surface area contributed by atoms with Gasteiger partial charge in [0.05, 0.1) is 6.10 Å². The van der Waals surface area contributed by atoms with Crippen molar-refractivity contribution in [3.63, 3.8) is 0 Å². The van der Waals surface area contributed by atoms with Gasteiger partial charge in [-0.1, -0.05) is 39.0 Å². The van der Waals surface area contributed by atoms with E-state index in [0.717, 1.165) is 24.8 Å². The number of thioether (sulfide) groups is 1. The van der Waals surface area contributed by atoms with Gasteiger partial charge in [-0.15, -0.1) is 35.7 Å². The minimum Gasteiger partial charge on any atom is -0.379 e. The first-order valence-corrected chi connectivity index (χ1v) is 8.61. The van der Waals surface area contributed by atoms with Gasteiger partial charge in [0.15, 0.2) is 5.96 Å². The molecule has 0 radical (unpaired) electrons. The molecule has 0 spiro atoms. The second kappa shape index (κ2) is 12.0. The molecule has 1 aromatic rings. The lowest BCUT2D eigenvalue weighted by Crippen LogP contribution is -2.45. The third-order valence-corrected chi connectivity index (χ3v) is 4.35. The summed E-state index contributed by atoms with van der Waals surface area (Å²) in [7, 11) is 3.54. The van der Waals surface area contributed by atoms with Gasteiger partial charge in [0.2, 0.25) is 0 Å². The predicted molar refractivity (Wildman–Crippen MR) is 112 cm³/mol. The van der Waals surface area contributed by atoms with Crippen LogP contribution < -0.4 is 10.6 Å². The second-order valence-corrected chi connectivity index (χ2v) is 7.30. The molecule has 0 amide bonds. The molecular formula is C17H30IN3OS. The highest BCUT2D eigenvalue weighted by atomic mass is 127. The summed E-state index contributed by atoms with van der Waals surface area (Å²) in [5.74, 6) is 1.82. The number of methoxy groups -OCH3 is 1. The van der Waals surface area contributed by atoms with Crippen LogP contribution in [0.3, 0.4) is 0 Å². The number of guanidine groups is 1. The Kier molecular flexibility index (Phi) is 11.7. The largest absolute Gasteiger partial charge is 0.379 e. The SMILES string of the molecule is CN=C(NCCSc1ccccc1)NCC(OC)C(C)(C)C.I. The number of rotatable bonds is 7. The molecule has 0 aromatic heterocycles. The Morgan fingerprint density at radius 2 is 1.87 bits per heavy atom. The maximum Gasteiger partial charge on any atom is 0.191 e. The molecule has 1 aromatic carbocycles. The van der Waals surface area contributed by atoms with Crippen LogP contribution in [0.2, 0.25) is 0 Å². The molecule has 0 aliphatic carbocycles. The summed E-state index contributed by atoms with van der Waals surface area (Å²) in [6.07, 6.45) is 0.143. The van der Waals surface area contributed by atoms with Crippen molar-refractivity contribution in [1.82, 2.24) is 10.6 Å². The molecule has 1 rings (SSSR count). The van der Waals surface area contributed by atoms with Crippen molar-refractivity contribution >= 4 is 41.7 Å². The van der Waals surface area contributed by atoms with Crippen LogP contribution in [0.1, 0.15) is 20.8 Å². The predicted octanol–water partition coefficient (Wildman–Crippen LogP) is 3.62. The van der Waals surface area contributed by atoms with Crippen molar-refractivity contribution in [3.05, 3.63) is 30.3 Å². The van der Waals surface area contributed by atoms with Crippen LogP contribution in [0.15, 0.2) is 40.2 Å². The number of hydrogen-bond acceptors (Lipinski definition) is 3. The standard InChI is InChI=1S/C17H29N3OS.HI/c1-17(2,3)15(21-5)13-20-16(18-4)19-11-12-22-14-9-7-6-8-10-14;/h6-10,15H,11-13H2,1-5H3,(H2,18,19,20);1H. The van der Waals surface area contributed by atoms with Gasteiger partial charge < -0.3 is 15.4 Å². The van der Waals surface area contributed by atoms with E-state index in [9.17, 15) is 0 Å². The first-order chi connectivity index (χ1) is 10.5. The van der Waals surface area contributed by atoms with E-state index in [-0.39, 0.29) is 35.5 Å². The van der Waals surface area contributed by atoms with Crippen LogP contribution in [0.25, 0.3) is 0 Å². The van der Waals surface area contributed by atoms with Crippen LogP contribution in [-0.2, 0) is 4.74 Å². The van der Waals surface area contributed by atoms with Gasteiger partial charge in [-0.3, -0.25) is 4.99 Å². The zero-order valence-electron chi connectivity index (χ0n) is 14.8. The lowest BCUT2D eigenvalue weighted by atomic mass is 9.89. The summed E-state index contributed by atoms with van der Waals surface area (Å²) in [4.78, 5) is 5.54. The second-order valence-electron chi connectivity index (χ2n) is 6.13. The fourth-order valence-corrected chi connectivity index (χ4v) is 2.80. The van der Waals surface area contributed by atoms with Gasteiger partial charge in [0.1, 0.15) is 0 Å². The first-order valence-electron chi connectivity index (χ1n) is 7.62. The normalized spacial score (nSPS) is 13.2. The number of nitrogens with zero attached hydrogens (tertiary/aromatic N) is 1. The van der Waals surface area contributed by atoms with Crippen LogP contribution >= 0.6 is 35.7 Å². The average Bonchev–Trinajstić information content (AvgIpc) is 2.49. The number of nitrogens with one attached hydrogen (secondary N) is 2. The number of benzene rings is 1. The molecule has 0 aliphatic heterocycles. The van der Waals surface area contributed by atoms with Crippen molar-refractivity contribution in [2.75, 3.05) is 33.0 Å². The van der Waals surface area contributed by atoms with E-state index >= 15 is 0 Å². The summed E-state index contributed by atoms with van der Waals surface area (Å²) < 4.78 is 5.54. The van der Waals surface area contributed by atoms with E-state index in [1.54, 1.807) is 14.2 Å². The topological polar surface area (TPSA) is 45.7 Å². The smallest absolute Gasteiger partial charge is 0.191 e. The van der Waals surface area contributed by atoms with E-state index in [2.05, 4.69) is 60.7 Å². The highest BCUT2D eigenvalue weighted by Crippen LogP contribution is 2.20. The van der Waals surface area contributed by atoms with Gasteiger partial charge in [-0.25, -0.2) is 0 Å². The van der Waals surface area contributed by atoms with Crippen molar-refractivity contribution < 1.29 is 4.74 Å². The molecule has 0 heterocycles. The Balaban J connectivity index is 0.00000484. The molecule has 1 atom stereocenters. The molecule has 0 aliphatic rings. The summed E-state index contributed by atoms with van der Waals surface area (Å²) in [5, 5.41) is 6.66. The maximum absolute atomic E-state index is 5.54. The fraction of sp³-hybridized carbons (Fsp3) is 0.588. The lowest BCUT2D eigenvalue weighted by molar-refractivity contribution is 0.0205. The zero-order chi connectivity index (χ0) is 16.4. The van der Waals surface area contributed by atoms with Crippen molar-refractivity contribution in [2.45, 2.75) is 31.8 Å². The average molecular weight is 451 g/mol. The highest BCUT2D eigenvalue weighted by Gasteiger charge is 2.24. The molecular weight excluding hydrogens is 421 g/mol. The Labute approximate surface area is 162 Å². The number of ether oxygens (including phenoxy) is 1. The summed E-state index contributed by atoms with van der Waals surface area (Å²) in [6.45, 7) is 8.14. The van der Waals surface area contributed by atoms with Gasteiger partial charge in [-0.05, 0) is 17.5 Å². The minimum absolute atomic E-state index is 0. The van der Waals surface area contributed by atoms with Gasteiger partial charge >= 0.3 is 0 Å². The molecule has 1 unspecified atom stereocenters. The Bertz CT molecular complexity index is 449. The quantitative estimate of drug-likeness (QED) is 0.219. The Hall–Kier alpha value is -0.470. The molecule has 132 valence electrons. The van der Waals surface area contributed by atoms with Gasteiger partial charge in [0.25, 0.3) is 0 Å². The minimum atomic E-state index is 0. The first kappa shape index (κ1) is 22.5. The molecule has 23 heavy (non-hydrogen) atoms. The fourth-order valence-electron chi connectivity index (χ4n) is 2.01. The van der Waals surface area contributed by atoms with Crippen LogP contribution in [0.5, 0.6) is 0 Å². The molecule has 0 bridgehead atoms. The van der Waals surface area contributed by atoms with Crippen LogP contribution in [-0.4, -0.2) is 45.1 Å². The van der Waals surface area contributed by atoms with E-state index in [0.29, 0.717) is 0 Å². The summed E-state index contributed by atoms with van der Waals surface area (Å²) in [6, 6.07) is 10.4. The van der Waals surface area contributed by atoms with E-state index in [1.165, 1.54) is 4.90 Å². The number of halogens is 1. The molecule has 0 saturated heterocycles. The number of hydrogen-bond donors (Lipinski definition) is 2.